The number of piperazine rings is 1. The fourth-order valence-corrected chi connectivity index (χ4v) is 3.00. The van der Waals surface area contributed by atoms with Crippen molar-refractivity contribution in [2.75, 3.05) is 39.3 Å². The average Bonchev–Trinajstić information content (AvgIpc) is 2.65. The number of hydrogen-bond acceptors (Lipinski definition) is 4. The van der Waals surface area contributed by atoms with Crippen molar-refractivity contribution in [2.45, 2.75) is 26.3 Å². The van der Waals surface area contributed by atoms with Crippen molar-refractivity contribution in [3.05, 3.63) is 42.3 Å². The molecule has 2 rings (SSSR count). The molecular weight excluding hydrogens is 328 g/mol. The van der Waals surface area contributed by atoms with Gasteiger partial charge in [-0.1, -0.05) is 37.3 Å². The van der Waals surface area contributed by atoms with Gasteiger partial charge < -0.3 is 16.0 Å². The molecule has 1 aliphatic rings. The number of nitrogens with zero attached hydrogens (tertiary/aromatic N) is 2. The summed E-state index contributed by atoms with van der Waals surface area (Å²) in [6.45, 7) is 8.71. The van der Waals surface area contributed by atoms with Crippen LogP contribution in [-0.2, 0) is 16.1 Å². The number of nitrogens with one attached hydrogen (secondary N) is 1. The van der Waals surface area contributed by atoms with Gasteiger partial charge in [0, 0.05) is 45.2 Å². The molecule has 1 aromatic carbocycles. The van der Waals surface area contributed by atoms with Crippen molar-refractivity contribution in [1.82, 2.24) is 15.1 Å². The molecule has 143 valence electrons. The van der Waals surface area contributed by atoms with Crippen LogP contribution >= 0.6 is 0 Å². The first-order valence-corrected chi connectivity index (χ1v) is 9.43. The standard InChI is InChI=1S/C20H31N4O2/c1-17(20(21)26)8-9-19(25)22-10-5-11-23-12-14-24(15-13-23)16-18-6-3-2-4-7-18/h2-4,6-7,9,17H,5,8,10-16H2,1H3,(H2,21,26)(H,22,25)/t17-/m0/s1. The molecule has 0 aliphatic carbocycles. The quantitative estimate of drug-likeness (QED) is 0.612. The lowest BCUT2D eigenvalue weighted by atomic mass is 10.1. The van der Waals surface area contributed by atoms with Crippen LogP contribution in [0.25, 0.3) is 0 Å². The van der Waals surface area contributed by atoms with Crippen LogP contribution in [-0.4, -0.2) is 60.9 Å². The second kappa shape index (κ2) is 10.9. The van der Waals surface area contributed by atoms with E-state index in [0.29, 0.717) is 13.0 Å². The Morgan fingerprint density at radius 3 is 2.46 bits per heavy atom. The molecule has 1 saturated heterocycles. The molecule has 6 heteroatoms. The minimum Gasteiger partial charge on any atom is -0.369 e. The van der Waals surface area contributed by atoms with E-state index >= 15 is 0 Å². The highest BCUT2D eigenvalue weighted by Crippen LogP contribution is 2.08. The monoisotopic (exact) mass is 359 g/mol. The molecule has 0 unspecified atom stereocenters. The van der Waals surface area contributed by atoms with E-state index in [0.717, 1.165) is 45.7 Å². The number of carbonyl (C=O) groups excluding carboxylic acids is 2. The molecule has 3 N–H and O–H groups in total. The number of carbonyl (C=O) groups is 2. The summed E-state index contributed by atoms with van der Waals surface area (Å²) in [6, 6.07) is 10.6. The summed E-state index contributed by atoms with van der Waals surface area (Å²) in [5.41, 5.74) is 6.55. The first kappa shape index (κ1) is 20.4. The van der Waals surface area contributed by atoms with E-state index in [2.05, 4.69) is 45.4 Å². The molecule has 1 atom stereocenters. The molecule has 1 aliphatic heterocycles. The number of rotatable bonds is 10. The highest BCUT2D eigenvalue weighted by atomic mass is 16.2. The Hall–Kier alpha value is -1.92. The molecule has 1 aromatic rings. The smallest absolute Gasteiger partial charge is 0.223 e. The minimum absolute atomic E-state index is 0.120. The van der Waals surface area contributed by atoms with Gasteiger partial charge in [-0.3, -0.25) is 14.5 Å². The van der Waals surface area contributed by atoms with Gasteiger partial charge in [-0.05, 0) is 24.9 Å². The molecule has 0 saturated carbocycles. The number of amides is 2. The van der Waals surface area contributed by atoms with Crippen LogP contribution < -0.4 is 11.1 Å². The van der Waals surface area contributed by atoms with Crippen molar-refractivity contribution < 1.29 is 9.59 Å². The van der Waals surface area contributed by atoms with Crippen molar-refractivity contribution >= 4 is 11.8 Å². The normalized spacial score (nSPS) is 17.0. The van der Waals surface area contributed by atoms with Gasteiger partial charge in [-0.2, -0.15) is 0 Å². The molecule has 1 radical (unpaired) electrons. The molecule has 0 bridgehead atoms. The van der Waals surface area contributed by atoms with Gasteiger partial charge in [-0.25, -0.2) is 0 Å². The third-order valence-electron chi connectivity index (χ3n) is 4.81. The molecule has 1 fully saturated rings. The van der Waals surface area contributed by atoms with E-state index in [1.165, 1.54) is 12.0 Å². The van der Waals surface area contributed by atoms with Gasteiger partial charge >= 0.3 is 0 Å². The predicted octanol–water partition coefficient (Wildman–Crippen LogP) is 1.03. The van der Waals surface area contributed by atoms with E-state index in [-0.39, 0.29) is 17.7 Å². The van der Waals surface area contributed by atoms with Crippen LogP contribution in [0.5, 0.6) is 0 Å². The molecule has 6 nitrogen and oxygen atoms in total. The third kappa shape index (κ3) is 7.54. The van der Waals surface area contributed by atoms with Gasteiger partial charge in [0.15, 0.2) is 0 Å². The van der Waals surface area contributed by atoms with Crippen molar-refractivity contribution in [2.24, 2.45) is 11.7 Å². The van der Waals surface area contributed by atoms with Gasteiger partial charge in [0.25, 0.3) is 0 Å². The molecule has 2 amide bonds. The van der Waals surface area contributed by atoms with Crippen molar-refractivity contribution in [3.63, 3.8) is 0 Å². The van der Waals surface area contributed by atoms with Crippen LogP contribution in [0.4, 0.5) is 0 Å². The summed E-state index contributed by atoms with van der Waals surface area (Å²) in [6.07, 6.45) is 2.84. The van der Waals surface area contributed by atoms with Crippen LogP contribution in [0.1, 0.15) is 25.3 Å². The fraction of sp³-hybridized carbons (Fsp3) is 0.550. The first-order chi connectivity index (χ1) is 12.5. The van der Waals surface area contributed by atoms with Gasteiger partial charge in [0.2, 0.25) is 11.8 Å². The van der Waals surface area contributed by atoms with E-state index in [9.17, 15) is 9.59 Å². The third-order valence-corrected chi connectivity index (χ3v) is 4.81. The lowest BCUT2D eigenvalue weighted by molar-refractivity contribution is -0.121. The Morgan fingerprint density at radius 1 is 1.15 bits per heavy atom. The Morgan fingerprint density at radius 2 is 1.81 bits per heavy atom. The van der Waals surface area contributed by atoms with E-state index in [1.807, 2.05) is 0 Å². The number of hydrogen-bond donors (Lipinski definition) is 2. The SMILES string of the molecule is C[C@@H](C[CH]C(=O)NCCCN1CCN(Cc2ccccc2)CC1)C(N)=O. The number of benzene rings is 1. The fourth-order valence-electron chi connectivity index (χ4n) is 3.00. The van der Waals surface area contributed by atoms with Gasteiger partial charge in [0.1, 0.15) is 0 Å². The summed E-state index contributed by atoms with van der Waals surface area (Å²) < 4.78 is 0. The summed E-state index contributed by atoms with van der Waals surface area (Å²) >= 11 is 0. The van der Waals surface area contributed by atoms with Gasteiger partial charge in [0.05, 0.1) is 6.42 Å². The lowest BCUT2D eigenvalue weighted by Gasteiger charge is -2.34. The Balaban J connectivity index is 1.52. The van der Waals surface area contributed by atoms with Crippen LogP contribution in [0, 0.1) is 12.3 Å². The molecule has 1 heterocycles. The number of nitrogens with two attached hydrogens (primary N) is 1. The van der Waals surface area contributed by atoms with Crippen LogP contribution in [0.3, 0.4) is 0 Å². The van der Waals surface area contributed by atoms with Crippen molar-refractivity contribution in [3.8, 4) is 0 Å². The highest BCUT2D eigenvalue weighted by molar-refractivity contribution is 5.85. The summed E-state index contributed by atoms with van der Waals surface area (Å²) in [7, 11) is 0. The zero-order valence-electron chi connectivity index (χ0n) is 15.7. The maximum atomic E-state index is 11.7. The predicted molar refractivity (Wildman–Crippen MR) is 103 cm³/mol. The summed E-state index contributed by atoms with van der Waals surface area (Å²) in [5, 5.41) is 2.87. The first-order valence-electron chi connectivity index (χ1n) is 9.43. The Labute approximate surface area is 156 Å². The Bertz CT molecular complexity index is 556. The molecule has 0 aromatic heterocycles. The van der Waals surface area contributed by atoms with E-state index in [4.69, 9.17) is 5.73 Å². The van der Waals surface area contributed by atoms with Gasteiger partial charge in [-0.15, -0.1) is 0 Å². The highest BCUT2D eigenvalue weighted by Gasteiger charge is 2.16. The number of primary amides is 1. The topological polar surface area (TPSA) is 78.7 Å². The lowest BCUT2D eigenvalue weighted by Crippen LogP contribution is -2.46. The zero-order chi connectivity index (χ0) is 18.8. The van der Waals surface area contributed by atoms with Crippen LogP contribution in [0.2, 0.25) is 0 Å². The van der Waals surface area contributed by atoms with E-state index < -0.39 is 0 Å². The second-order valence-electron chi connectivity index (χ2n) is 6.99. The molecule has 0 spiro atoms. The average molecular weight is 359 g/mol. The zero-order valence-corrected chi connectivity index (χ0v) is 15.7. The second-order valence-corrected chi connectivity index (χ2v) is 6.99. The Kier molecular flexibility index (Phi) is 8.58. The van der Waals surface area contributed by atoms with Crippen molar-refractivity contribution in [1.29, 1.82) is 0 Å². The summed E-state index contributed by atoms with van der Waals surface area (Å²) in [4.78, 5) is 27.6. The van der Waals surface area contributed by atoms with Crippen LogP contribution in [0.15, 0.2) is 30.3 Å². The van der Waals surface area contributed by atoms with E-state index in [1.54, 1.807) is 6.92 Å². The maximum Gasteiger partial charge on any atom is 0.223 e. The summed E-state index contributed by atoms with van der Waals surface area (Å²) in [5.74, 6) is -0.792. The minimum atomic E-state index is -0.375. The largest absolute Gasteiger partial charge is 0.369 e. The molecule has 26 heavy (non-hydrogen) atoms. The maximum absolute atomic E-state index is 11.7. The molecular formula is C20H31N4O2.